The van der Waals surface area contributed by atoms with Crippen molar-refractivity contribution in [3.63, 3.8) is 0 Å². The highest BCUT2D eigenvalue weighted by Crippen LogP contribution is 2.24. The number of ether oxygens (including phenoxy) is 1. The highest BCUT2D eigenvalue weighted by molar-refractivity contribution is 8.13. The molecule has 10 heteroatoms. The molecule has 0 fully saturated rings. The Kier molecular flexibility index (Phi) is 3.96. The van der Waals surface area contributed by atoms with Gasteiger partial charge in [0.05, 0.1) is 7.11 Å². The standard InChI is InChI=1S/C8H7ClF3NO4S/c1-17-7(14)6-2-5(18(9,15)16)3-13(6)4-8(10,11)12/h2-3H,4H2,1H3. The minimum atomic E-state index is -4.62. The lowest BCUT2D eigenvalue weighted by Crippen LogP contribution is -2.20. The van der Waals surface area contributed by atoms with E-state index in [4.69, 9.17) is 10.7 Å². The summed E-state index contributed by atoms with van der Waals surface area (Å²) in [7, 11) is 1.72. The Morgan fingerprint density at radius 1 is 1.50 bits per heavy atom. The first-order chi connectivity index (χ1) is 8.04. The molecule has 1 aromatic rings. The zero-order valence-electron chi connectivity index (χ0n) is 8.86. The number of aromatic nitrogens is 1. The fourth-order valence-corrected chi connectivity index (χ4v) is 1.97. The average Bonchev–Trinajstić information content (AvgIpc) is 2.57. The summed E-state index contributed by atoms with van der Waals surface area (Å²) in [6, 6.07) is 0.722. The van der Waals surface area contributed by atoms with E-state index in [2.05, 4.69) is 4.74 Å². The highest BCUT2D eigenvalue weighted by Gasteiger charge is 2.31. The van der Waals surface area contributed by atoms with Crippen molar-refractivity contribution in [1.82, 2.24) is 4.57 Å². The van der Waals surface area contributed by atoms with Gasteiger partial charge in [0.1, 0.15) is 17.1 Å². The number of carbonyl (C=O) groups excluding carboxylic acids is 1. The fraction of sp³-hybridized carbons (Fsp3) is 0.375. The Morgan fingerprint density at radius 2 is 2.06 bits per heavy atom. The maximum Gasteiger partial charge on any atom is 0.406 e. The molecule has 5 nitrogen and oxygen atoms in total. The molecule has 0 N–H and O–H groups in total. The minimum Gasteiger partial charge on any atom is -0.464 e. The van der Waals surface area contributed by atoms with Crippen LogP contribution >= 0.6 is 10.7 Å². The van der Waals surface area contributed by atoms with Crippen LogP contribution in [-0.4, -0.2) is 32.2 Å². The van der Waals surface area contributed by atoms with E-state index in [9.17, 15) is 26.4 Å². The van der Waals surface area contributed by atoms with Gasteiger partial charge in [-0.25, -0.2) is 13.2 Å². The first-order valence-corrected chi connectivity index (χ1v) is 6.65. The molecule has 0 atom stereocenters. The number of alkyl halides is 3. The normalized spacial score (nSPS) is 12.5. The molecule has 0 amide bonds. The minimum absolute atomic E-state index is 0.418. The summed E-state index contributed by atoms with van der Waals surface area (Å²) in [5, 5.41) is 0. The van der Waals surface area contributed by atoms with Gasteiger partial charge < -0.3 is 9.30 Å². The van der Waals surface area contributed by atoms with Crippen LogP contribution in [0.1, 0.15) is 10.5 Å². The number of hydrogen-bond acceptors (Lipinski definition) is 4. The number of rotatable bonds is 3. The van der Waals surface area contributed by atoms with Gasteiger partial charge in [-0.2, -0.15) is 13.2 Å². The van der Waals surface area contributed by atoms with Crippen molar-refractivity contribution in [1.29, 1.82) is 0 Å². The number of methoxy groups -OCH3 is 1. The van der Waals surface area contributed by atoms with Crippen molar-refractivity contribution in [2.24, 2.45) is 0 Å². The third-order valence-corrected chi connectivity index (χ3v) is 3.22. The molecule has 0 saturated heterocycles. The molecule has 1 heterocycles. The number of esters is 1. The van der Waals surface area contributed by atoms with Crippen molar-refractivity contribution in [3.05, 3.63) is 18.0 Å². The molecule has 0 aliphatic rings. The molecule has 0 saturated carbocycles. The van der Waals surface area contributed by atoms with Gasteiger partial charge in [0.2, 0.25) is 0 Å². The molecular formula is C8H7ClF3NO4S. The molecular weight excluding hydrogens is 299 g/mol. The Balaban J connectivity index is 3.30. The van der Waals surface area contributed by atoms with Crippen LogP contribution in [0.4, 0.5) is 13.2 Å². The van der Waals surface area contributed by atoms with Gasteiger partial charge in [-0.15, -0.1) is 0 Å². The van der Waals surface area contributed by atoms with E-state index < -0.39 is 38.3 Å². The van der Waals surface area contributed by atoms with E-state index in [1.807, 2.05) is 0 Å². The molecule has 0 unspecified atom stereocenters. The average molecular weight is 306 g/mol. The number of hydrogen-bond donors (Lipinski definition) is 0. The first-order valence-electron chi connectivity index (χ1n) is 4.34. The SMILES string of the molecule is COC(=O)c1cc(S(=O)(=O)Cl)cn1CC(F)(F)F. The van der Waals surface area contributed by atoms with Crippen LogP contribution in [-0.2, 0) is 20.3 Å². The van der Waals surface area contributed by atoms with E-state index in [0.29, 0.717) is 10.8 Å². The largest absolute Gasteiger partial charge is 0.464 e. The summed E-state index contributed by atoms with van der Waals surface area (Å²) >= 11 is 0. The second-order valence-electron chi connectivity index (χ2n) is 3.23. The van der Waals surface area contributed by atoms with Crippen molar-refractivity contribution in [3.8, 4) is 0 Å². The molecule has 0 spiro atoms. The summed E-state index contributed by atoms with van der Waals surface area (Å²) in [6.45, 7) is -1.52. The zero-order valence-corrected chi connectivity index (χ0v) is 10.4. The van der Waals surface area contributed by atoms with Crippen molar-refractivity contribution in [2.75, 3.05) is 7.11 Å². The van der Waals surface area contributed by atoms with Gasteiger partial charge in [0, 0.05) is 16.9 Å². The summed E-state index contributed by atoms with van der Waals surface area (Å²) in [5.41, 5.74) is -0.547. The third kappa shape index (κ3) is 3.64. The smallest absolute Gasteiger partial charge is 0.406 e. The number of carbonyl (C=O) groups is 1. The molecule has 0 bridgehead atoms. The van der Waals surface area contributed by atoms with Crippen LogP contribution in [0.3, 0.4) is 0 Å². The van der Waals surface area contributed by atoms with Gasteiger partial charge in [0.25, 0.3) is 9.05 Å². The topological polar surface area (TPSA) is 65.4 Å². The van der Waals surface area contributed by atoms with E-state index in [-0.39, 0.29) is 0 Å². The molecule has 0 radical (unpaired) electrons. The quantitative estimate of drug-likeness (QED) is 0.630. The second-order valence-corrected chi connectivity index (χ2v) is 5.80. The predicted molar refractivity (Wildman–Crippen MR) is 54.9 cm³/mol. The van der Waals surface area contributed by atoms with Crippen LogP contribution in [0.25, 0.3) is 0 Å². The summed E-state index contributed by atoms with van der Waals surface area (Å²) in [4.78, 5) is 10.6. The monoisotopic (exact) mass is 305 g/mol. The Morgan fingerprint density at radius 3 is 2.44 bits per heavy atom. The van der Waals surface area contributed by atoms with E-state index in [1.54, 1.807) is 0 Å². The lowest BCUT2D eigenvalue weighted by molar-refractivity contribution is -0.140. The lowest BCUT2D eigenvalue weighted by atomic mass is 10.4. The highest BCUT2D eigenvalue weighted by atomic mass is 35.7. The molecule has 1 aromatic heterocycles. The van der Waals surface area contributed by atoms with Crippen LogP contribution in [0.2, 0.25) is 0 Å². The Bertz CT molecular complexity index is 563. The van der Waals surface area contributed by atoms with Crippen molar-refractivity contribution in [2.45, 2.75) is 17.6 Å². The molecule has 0 aliphatic heterocycles. The van der Waals surface area contributed by atoms with Gasteiger partial charge >= 0.3 is 12.1 Å². The first kappa shape index (κ1) is 14.8. The summed E-state index contributed by atoms with van der Waals surface area (Å²) in [5.74, 6) is -1.09. The van der Waals surface area contributed by atoms with Crippen LogP contribution in [0.5, 0.6) is 0 Å². The maximum atomic E-state index is 12.2. The van der Waals surface area contributed by atoms with Gasteiger partial charge in [0.15, 0.2) is 0 Å². The van der Waals surface area contributed by atoms with Crippen LogP contribution < -0.4 is 0 Å². The number of halogens is 4. The predicted octanol–water partition coefficient (Wildman–Crippen LogP) is 1.76. The second kappa shape index (κ2) is 4.81. The molecule has 18 heavy (non-hydrogen) atoms. The van der Waals surface area contributed by atoms with E-state index >= 15 is 0 Å². The van der Waals surface area contributed by atoms with E-state index in [1.165, 1.54) is 0 Å². The lowest BCUT2D eigenvalue weighted by Gasteiger charge is -2.10. The van der Waals surface area contributed by atoms with E-state index in [0.717, 1.165) is 13.2 Å². The summed E-state index contributed by atoms with van der Waals surface area (Å²) < 4.78 is 63.4. The van der Waals surface area contributed by atoms with Crippen LogP contribution in [0, 0.1) is 0 Å². The van der Waals surface area contributed by atoms with Crippen LogP contribution in [0.15, 0.2) is 17.2 Å². The number of nitrogens with zero attached hydrogens (tertiary/aromatic N) is 1. The molecule has 102 valence electrons. The third-order valence-electron chi connectivity index (χ3n) is 1.90. The Labute approximate surface area is 105 Å². The Hall–Kier alpha value is -1.22. The van der Waals surface area contributed by atoms with Crippen molar-refractivity contribution >= 4 is 25.7 Å². The molecule has 1 rings (SSSR count). The fourth-order valence-electron chi connectivity index (χ4n) is 1.22. The zero-order chi connectivity index (χ0) is 14.1. The van der Waals surface area contributed by atoms with Gasteiger partial charge in [-0.05, 0) is 6.07 Å². The summed E-state index contributed by atoms with van der Waals surface area (Å²) in [6.07, 6.45) is -3.99. The maximum absolute atomic E-state index is 12.2. The van der Waals surface area contributed by atoms with Crippen molar-refractivity contribution < 1.29 is 31.1 Å². The van der Waals surface area contributed by atoms with Gasteiger partial charge in [-0.1, -0.05) is 0 Å². The molecule has 0 aliphatic carbocycles. The van der Waals surface area contributed by atoms with Gasteiger partial charge in [-0.3, -0.25) is 0 Å². The molecule has 0 aromatic carbocycles.